The summed E-state index contributed by atoms with van der Waals surface area (Å²) in [5.74, 6) is -1.71. The van der Waals surface area contributed by atoms with Crippen LogP contribution in [0, 0.1) is 5.92 Å². The van der Waals surface area contributed by atoms with Gasteiger partial charge in [-0.3, -0.25) is 9.59 Å². The SMILES string of the molecule is O=C(O)C1CN(C(=O)c2cc(Cl)ncc2Cl)C1. The highest BCUT2D eigenvalue weighted by molar-refractivity contribution is 6.35. The quantitative estimate of drug-likeness (QED) is 0.831. The highest BCUT2D eigenvalue weighted by atomic mass is 35.5. The van der Waals surface area contributed by atoms with Crippen LogP contribution in [0.5, 0.6) is 0 Å². The number of rotatable bonds is 2. The molecule has 1 aromatic heterocycles. The Kier molecular flexibility index (Phi) is 3.22. The Morgan fingerprint density at radius 1 is 1.41 bits per heavy atom. The van der Waals surface area contributed by atoms with Crippen LogP contribution in [0.1, 0.15) is 10.4 Å². The van der Waals surface area contributed by atoms with Gasteiger partial charge in [0.15, 0.2) is 0 Å². The van der Waals surface area contributed by atoms with E-state index in [-0.39, 0.29) is 34.7 Å². The number of carboxylic acid groups (broad SMARTS) is 1. The largest absolute Gasteiger partial charge is 0.481 e. The van der Waals surface area contributed by atoms with Gasteiger partial charge in [-0.1, -0.05) is 23.2 Å². The summed E-state index contributed by atoms with van der Waals surface area (Å²) >= 11 is 11.5. The molecule has 1 fully saturated rings. The third-order valence-corrected chi connectivity index (χ3v) is 3.08. The van der Waals surface area contributed by atoms with E-state index in [9.17, 15) is 9.59 Å². The van der Waals surface area contributed by atoms with E-state index in [2.05, 4.69) is 4.98 Å². The summed E-state index contributed by atoms with van der Waals surface area (Å²) in [7, 11) is 0. The maximum absolute atomic E-state index is 11.9. The predicted molar refractivity (Wildman–Crippen MR) is 61.3 cm³/mol. The predicted octanol–water partition coefficient (Wildman–Crippen LogP) is 1.55. The van der Waals surface area contributed by atoms with Gasteiger partial charge in [0, 0.05) is 19.3 Å². The zero-order valence-corrected chi connectivity index (χ0v) is 10.1. The number of likely N-dealkylation sites (tertiary alicyclic amines) is 1. The number of hydrogen-bond acceptors (Lipinski definition) is 3. The monoisotopic (exact) mass is 274 g/mol. The van der Waals surface area contributed by atoms with Crippen LogP contribution in [0.15, 0.2) is 12.3 Å². The van der Waals surface area contributed by atoms with E-state index in [4.69, 9.17) is 28.3 Å². The number of aromatic nitrogens is 1. The number of halogens is 2. The van der Waals surface area contributed by atoms with Gasteiger partial charge in [-0.15, -0.1) is 0 Å². The number of amides is 1. The number of pyridine rings is 1. The summed E-state index contributed by atoms with van der Waals surface area (Å²) in [5, 5.41) is 9.09. The van der Waals surface area contributed by atoms with E-state index in [1.165, 1.54) is 17.2 Å². The fourth-order valence-electron chi connectivity index (χ4n) is 1.55. The van der Waals surface area contributed by atoms with Crippen LogP contribution >= 0.6 is 23.2 Å². The van der Waals surface area contributed by atoms with Crippen LogP contribution in [-0.4, -0.2) is 40.0 Å². The number of carboxylic acids is 1. The first-order valence-corrected chi connectivity index (χ1v) is 5.57. The van der Waals surface area contributed by atoms with Gasteiger partial charge >= 0.3 is 5.97 Å². The lowest BCUT2D eigenvalue weighted by Crippen LogP contribution is -2.53. The summed E-state index contributed by atoms with van der Waals surface area (Å²) < 4.78 is 0. The van der Waals surface area contributed by atoms with Gasteiger partial charge in [0.25, 0.3) is 5.91 Å². The van der Waals surface area contributed by atoms with Crippen molar-refractivity contribution in [2.24, 2.45) is 5.92 Å². The van der Waals surface area contributed by atoms with Crippen molar-refractivity contribution in [1.29, 1.82) is 0 Å². The molecule has 0 radical (unpaired) electrons. The van der Waals surface area contributed by atoms with Gasteiger partial charge in [0.2, 0.25) is 0 Å². The van der Waals surface area contributed by atoms with Gasteiger partial charge in [-0.25, -0.2) is 4.98 Å². The molecular formula is C10H8Cl2N2O3. The summed E-state index contributed by atoms with van der Waals surface area (Å²) in [6.07, 6.45) is 1.30. The lowest BCUT2D eigenvalue weighted by molar-refractivity contribution is -0.146. The minimum atomic E-state index is -0.895. The molecule has 1 aliphatic heterocycles. The zero-order valence-electron chi connectivity index (χ0n) is 8.56. The van der Waals surface area contributed by atoms with Crippen LogP contribution in [0.25, 0.3) is 0 Å². The van der Waals surface area contributed by atoms with Gasteiger partial charge < -0.3 is 10.0 Å². The molecule has 90 valence electrons. The first-order chi connectivity index (χ1) is 7.99. The number of carbonyl (C=O) groups is 2. The Morgan fingerprint density at radius 2 is 2.06 bits per heavy atom. The van der Waals surface area contributed by atoms with E-state index >= 15 is 0 Å². The van der Waals surface area contributed by atoms with Crippen molar-refractivity contribution in [3.8, 4) is 0 Å². The number of carbonyl (C=O) groups excluding carboxylic acids is 1. The molecule has 0 spiro atoms. The molecule has 1 N–H and O–H groups in total. The highest BCUT2D eigenvalue weighted by Crippen LogP contribution is 2.24. The second-order valence-electron chi connectivity index (χ2n) is 3.73. The molecule has 2 rings (SSSR count). The molecule has 1 amide bonds. The third-order valence-electron chi connectivity index (χ3n) is 2.57. The van der Waals surface area contributed by atoms with Gasteiger partial charge in [0.1, 0.15) is 5.15 Å². The molecule has 0 saturated carbocycles. The molecule has 0 unspecified atom stereocenters. The van der Waals surface area contributed by atoms with E-state index in [1.807, 2.05) is 0 Å². The fraction of sp³-hybridized carbons (Fsp3) is 0.300. The maximum Gasteiger partial charge on any atom is 0.310 e. The van der Waals surface area contributed by atoms with Crippen molar-refractivity contribution in [2.45, 2.75) is 0 Å². The molecule has 0 aliphatic carbocycles. The van der Waals surface area contributed by atoms with E-state index < -0.39 is 11.9 Å². The lowest BCUT2D eigenvalue weighted by atomic mass is 9.99. The Hall–Kier alpha value is -1.33. The molecular weight excluding hydrogens is 267 g/mol. The van der Waals surface area contributed by atoms with Crippen LogP contribution < -0.4 is 0 Å². The number of nitrogens with zero attached hydrogens (tertiary/aromatic N) is 2. The molecule has 5 nitrogen and oxygen atoms in total. The molecule has 0 aromatic carbocycles. The average Bonchev–Trinajstić information content (AvgIpc) is 2.18. The second-order valence-corrected chi connectivity index (χ2v) is 4.53. The minimum Gasteiger partial charge on any atom is -0.481 e. The van der Waals surface area contributed by atoms with Crippen molar-refractivity contribution in [2.75, 3.05) is 13.1 Å². The van der Waals surface area contributed by atoms with Gasteiger partial charge in [-0.05, 0) is 6.07 Å². The molecule has 1 aromatic rings. The molecule has 1 saturated heterocycles. The van der Waals surface area contributed by atoms with E-state index in [0.717, 1.165) is 0 Å². The van der Waals surface area contributed by atoms with Crippen molar-refractivity contribution in [1.82, 2.24) is 9.88 Å². The molecule has 7 heteroatoms. The lowest BCUT2D eigenvalue weighted by Gasteiger charge is -2.36. The Balaban J connectivity index is 2.11. The maximum atomic E-state index is 11.9. The van der Waals surface area contributed by atoms with Crippen LogP contribution in [0.2, 0.25) is 10.2 Å². The molecule has 1 aliphatic rings. The van der Waals surface area contributed by atoms with Crippen molar-refractivity contribution in [3.05, 3.63) is 28.0 Å². The standard InChI is InChI=1S/C10H8Cl2N2O3/c11-7-2-13-8(12)1-6(7)9(15)14-3-5(4-14)10(16)17/h1-2,5H,3-4H2,(H,16,17). The molecule has 2 heterocycles. The fourth-order valence-corrected chi connectivity index (χ4v) is 1.89. The Morgan fingerprint density at radius 3 is 2.65 bits per heavy atom. The zero-order chi connectivity index (χ0) is 12.6. The van der Waals surface area contributed by atoms with Crippen LogP contribution in [0.3, 0.4) is 0 Å². The van der Waals surface area contributed by atoms with Crippen molar-refractivity contribution < 1.29 is 14.7 Å². The third kappa shape index (κ3) is 2.35. The topological polar surface area (TPSA) is 70.5 Å². The first-order valence-electron chi connectivity index (χ1n) is 4.82. The Labute approximate surface area is 107 Å². The van der Waals surface area contributed by atoms with Crippen LogP contribution in [-0.2, 0) is 4.79 Å². The summed E-state index contributed by atoms with van der Waals surface area (Å²) in [6, 6.07) is 1.38. The molecule has 0 bridgehead atoms. The second kappa shape index (κ2) is 4.50. The summed E-state index contributed by atoms with van der Waals surface area (Å²) in [5.41, 5.74) is 0.246. The normalized spacial score (nSPS) is 15.5. The smallest absolute Gasteiger partial charge is 0.310 e. The highest BCUT2D eigenvalue weighted by Gasteiger charge is 2.36. The Bertz CT molecular complexity index is 486. The number of aliphatic carboxylic acids is 1. The van der Waals surface area contributed by atoms with Gasteiger partial charge in [-0.2, -0.15) is 0 Å². The van der Waals surface area contributed by atoms with Crippen molar-refractivity contribution in [3.63, 3.8) is 0 Å². The first kappa shape index (κ1) is 12.1. The summed E-state index contributed by atoms with van der Waals surface area (Å²) in [6.45, 7) is 0.398. The van der Waals surface area contributed by atoms with E-state index in [1.54, 1.807) is 0 Å². The minimum absolute atomic E-state index is 0.174. The van der Waals surface area contributed by atoms with Crippen LogP contribution in [0.4, 0.5) is 0 Å². The van der Waals surface area contributed by atoms with Gasteiger partial charge in [0.05, 0.1) is 16.5 Å². The summed E-state index contributed by atoms with van der Waals surface area (Å²) in [4.78, 5) is 27.7. The molecule has 0 atom stereocenters. The molecule has 17 heavy (non-hydrogen) atoms. The van der Waals surface area contributed by atoms with E-state index in [0.29, 0.717) is 0 Å². The number of hydrogen-bond donors (Lipinski definition) is 1. The average molecular weight is 275 g/mol. The van der Waals surface area contributed by atoms with Crippen molar-refractivity contribution >= 4 is 35.1 Å².